The molecule has 150 valence electrons. The molecule has 0 aliphatic carbocycles. The van der Waals surface area contributed by atoms with E-state index in [1.54, 1.807) is 36.4 Å². The summed E-state index contributed by atoms with van der Waals surface area (Å²) >= 11 is 9.60. The minimum atomic E-state index is -0.972. The fourth-order valence-electron chi connectivity index (χ4n) is 2.90. The molecular formula is C22H16BrClF2O3. The van der Waals surface area contributed by atoms with Crippen LogP contribution < -0.4 is 4.74 Å². The van der Waals surface area contributed by atoms with Crippen LogP contribution in [0.25, 0.3) is 0 Å². The average Bonchev–Trinajstić information content (AvgIpc) is 2.65. The zero-order valence-corrected chi connectivity index (χ0v) is 17.4. The number of carboxylic acid groups (broad SMARTS) is 1. The summed E-state index contributed by atoms with van der Waals surface area (Å²) < 4.78 is 33.3. The molecule has 0 radical (unpaired) electrons. The lowest BCUT2D eigenvalue weighted by molar-refractivity contribution is 0.0697. The predicted octanol–water partition coefficient (Wildman–Crippen LogP) is 6.44. The first-order chi connectivity index (χ1) is 13.8. The Balaban J connectivity index is 1.76. The van der Waals surface area contributed by atoms with E-state index >= 15 is 0 Å². The van der Waals surface area contributed by atoms with Crippen LogP contribution in [-0.2, 0) is 19.4 Å². The van der Waals surface area contributed by atoms with Gasteiger partial charge in [-0.3, -0.25) is 0 Å². The van der Waals surface area contributed by atoms with E-state index in [0.717, 1.165) is 17.2 Å². The first-order valence-electron chi connectivity index (χ1n) is 8.70. The molecule has 0 bridgehead atoms. The van der Waals surface area contributed by atoms with Crippen molar-refractivity contribution in [2.75, 3.05) is 0 Å². The predicted molar refractivity (Wildman–Crippen MR) is 111 cm³/mol. The van der Waals surface area contributed by atoms with Gasteiger partial charge in [0.2, 0.25) is 0 Å². The third-order valence-corrected chi connectivity index (χ3v) is 5.08. The Morgan fingerprint density at radius 3 is 2.24 bits per heavy atom. The van der Waals surface area contributed by atoms with Gasteiger partial charge in [0.05, 0.1) is 10.0 Å². The van der Waals surface area contributed by atoms with Crippen molar-refractivity contribution in [3.05, 3.63) is 98.0 Å². The Morgan fingerprint density at radius 2 is 1.62 bits per heavy atom. The van der Waals surface area contributed by atoms with Gasteiger partial charge >= 0.3 is 5.97 Å². The van der Waals surface area contributed by atoms with Crippen molar-refractivity contribution < 1.29 is 23.4 Å². The van der Waals surface area contributed by atoms with Crippen LogP contribution in [0.5, 0.6) is 5.75 Å². The Hall–Kier alpha value is -2.44. The van der Waals surface area contributed by atoms with Crippen molar-refractivity contribution >= 4 is 33.5 Å². The van der Waals surface area contributed by atoms with Crippen LogP contribution >= 0.6 is 27.5 Å². The highest BCUT2D eigenvalue weighted by atomic mass is 79.9. The molecule has 29 heavy (non-hydrogen) atoms. The number of hydrogen-bond acceptors (Lipinski definition) is 2. The third-order valence-electron chi connectivity index (χ3n) is 4.27. The van der Waals surface area contributed by atoms with E-state index in [2.05, 4.69) is 15.9 Å². The van der Waals surface area contributed by atoms with Crippen LogP contribution in [0, 0.1) is 11.6 Å². The summed E-state index contributed by atoms with van der Waals surface area (Å²) in [7, 11) is 0. The molecule has 7 heteroatoms. The van der Waals surface area contributed by atoms with E-state index < -0.39 is 17.6 Å². The summed E-state index contributed by atoms with van der Waals surface area (Å²) in [6.07, 6.45) is 1.22. The molecule has 0 saturated heterocycles. The first-order valence-corrected chi connectivity index (χ1v) is 9.87. The number of ether oxygens (including phenoxy) is 1. The highest BCUT2D eigenvalue weighted by Gasteiger charge is 2.12. The van der Waals surface area contributed by atoms with Crippen LogP contribution in [0.1, 0.15) is 27.0 Å². The quantitative estimate of drug-likeness (QED) is 0.422. The number of aromatic carboxylic acids is 1. The van der Waals surface area contributed by atoms with Crippen LogP contribution in [0.15, 0.2) is 59.1 Å². The number of benzene rings is 3. The highest BCUT2D eigenvalue weighted by molar-refractivity contribution is 9.10. The second-order valence-electron chi connectivity index (χ2n) is 6.44. The normalized spacial score (nSPS) is 10.8. The summed E-state index contributed by atoms with van der Waals surface area (Å²) in [6.45, 7) is -0.00474. The molecule has 1 N–H and O–H groups in total. The molecule has 0 aliphatic rings. The monoisotopic (exact) mass is 480 g/mol. The van der Waals surface area contributed by atoms with Gasteiger partial charge in [0.25, 0.3) is 0 Å². The lowest BCUT2D eigenvalue weighted by atomic mass is 10.0. The summed E-state index contributed by atoms with van der Waals surface area (Å²) in [4.78, 5) is 11.0. The molecule has 0 aliphatic heterocycles. The van der Waals surface area contributed by atoms with Crippen molar-refractivity contribution in [2.24, 2.45) is 0 Å². The van der Waals surface area contributed by atoms with Crippen molar-refractivity contribution in [1.82, 2.24) is 0 Å². The molecular weight excluding hydrogens is 466 g/mol. The van der Waals surface area contributed by atoms with E-state index in [1.165, 1.54) is 12.1 Å². The second kappa shape index (κ2) is 9.37. The Morgan fingerprint density at radius 1 is 0.966 bits per heavy atom. The van der Waals surface area contributed by atoms with E-state index in [0.29, 0.717) is 33.6 Å². The topological polar surface area (TPSA) is 46.5 Å². The average molecular weight is 482 g/mol. The summed E-state index contributed by atoms with van der Waals surface area (Å²) in [5.74, 6) is -1.76. The lowest BCUT2D eigenvalue weighted by Crippen LogP contribution is -2.02. The maximum absolute atomic E-state index is 13.4. The Labute approximate surface area is 180 Å². The van der Waals surface area contributed by atoms with Gasteiger partial charge in [-0.1, -0.05) is 23.7 Å². The van der Waals surface area contributed by atoms with Gasteiger partial charge in [-0.05, 0) is 81.9 Å². The van der Waals surface area contributed by atoms with Gasteiger partial charge < -0.3 is 9.84 Å². The molecule has 3 rings (SSSR count). The van der Waals surface area contributed by atoms with Crippen molar-refractivity contribution in [3.63, 3.8) is 0 Å². The second-order valence-corrected chi connectivity index (χ2v) is 7.74. The maximum Gasteiger partial charge on any atom is 0.335 e. The molecule has 0 atom stereocenters. The van der Waals surface area contributed by atoms with Gasteiger partial charge in [0, 0.05) is 11.1 Å². The SMILES string of the molecule is O=C(O)c1ccc(CCc2cc(Cl)cc(Br)c2OCc2cc(F)cc(F)c2)cc1. The molecule has 0 heterocycles. The third kappa shape index (κ3) is 5.78. The van der Waals surface area contributed by atoms with Crippen molar-refractivity contribution in [2.45, 2.75) is 19.4 Å². The van der Waals surface area contributed by atoms with Gasteiger partial charge in [-0.25, -0.2) is 13.6 Å². The molecule has 3 nitrogen and oxygen atoms in total. The number of carbonyl (C=O) groups is 1. The smallest absolute Gasteiger partial charge is 0.335 e. The molecule has 3 aromatic carbocycles. The maximum atomic E-state index is 13.4. The number of aryl methyl sites for hydroxylation is 2. The van der Waals surface area contributed by atoms with Crippen LogP contribution in [0.3, 0.4) is 0 Å². The van der Waals surface area contributed by atoms with E-state index in [1.807, 2.05) is 0 Å². The Kier molecular flexibility index (Phi) is 6.87. The first kappa shape index (κ1) is 21.3. The van der Waals surface area contributed by atoms with Gasteiger partial charge in [-0.15, -0.1) is 0 Å². The molecule has 0 spiro atoms. The number of halogens is 4. The summed E-state index contributed by atoms with van der Waals surface area (Å²) in [5.41, 5.74) is 2.39. The largest absolute Gasteiger partial charge is 0.487 e. The fourth-order valence-corrected chi connectivity index (χ4v) is 3.89. The van der Waals surface area contributed by atoms with E-state index in [-0.39, 0.29) is 12.2 Å². The van der Waals surface area contributed by atoms with Gasteiger partial charge in [-0.2, -0.15) is 0 Å². The minimum Gasteiger partial charge on any atom is -0.487 e. The number of hydrogen-bond donors (Lipinski definition) is 1. The number of carboxylic acids is 1. The zero-order valence-electron chi connectivity index (χ0n) is 15.1. The zero-order chi connectivity index (χ0) is 21.0. The van der Waals surface area contributed by atoms with Gasteiger partial charge in [0.15, 0.2) is 0 Å². The molecule has 0 saturated carbocycles. The Bertz CT molecular complexity index is 1020. The van der Waals surface area contributed by atoms with E-state index in [9.17, 15) is 13.6 Å². The summed E-state index contributed by atoms with van der Waals surface area (Å²) in [5, 5.41) is 9.51. The van der Waals surface area contributed by atoms with Crippen LogP contribution in [0.4, 0.5) is 8.78 Å². The highest BCUT2D eigenvalue weighted by Crippen LogP contribution is 2.34. The molecule has 0 aromatic heterocycles. The lowest BCUT2D eigenvalue weighted by Gasteiger charge is -2.15. The molecule has 0 fully saturated rings. The van der Waals surface area contributed by atoms with Crippen LogP contribution in [-0.4, -0.2) is 11.1 Å². The number of rotatable bonds is 7. The summed E-state index contributed by atoms with van der Waals surface area (Å²) in [6, 6.07) is 13.4. The fraction of sp³-hybridized carbons (Fsp3) is 0.136. The van der Waals surface area contributed by atoms with Gasteiger partial charge in [0.1, 0.15) is 24.0 Å². The molecule has 0 amide bonds. The van der Waals surface area contributed by atoms with E-state index in [4.69, 9.17) is 21.4 Å². The van der Waals surface area contributed by atoms with Crippen molar-refractivity contribution in [1.29, 1.82) is 0 Å². The molecule has 3 aromatic rings. The van der Waals surface area contributed by atoms with Crippen LogP contribution in [0.2, 0.25) is 5.02 Å². The molecule has 0 unspecified atom stereocenters. The standard InChI is InChI=1S/C22H16BrClF2O3/c23-20-10-17(24)9-16(6-3-13-1-4-15(5-2-13)22(27)28)21(20)29-12-14-7-18(25)11-19(26)8-14/h1-2,4-5,7-11H,3,6,12H2,(H,27,28). The minimum absolute atomic E-state index is 0.00474. The van der Waals surface area contributed by atoms with Crippen molar-refractivity contribution in [3.8, 4) is 5.75 Å².